The number of nitrogens with two attached hydrogens (primary N) is 1. The van der Waals surface area contributed by atoms with Crippen LogP contribution in [0.2, 0.25) is 0 Å². The maximum absolute atomic E-state index is 13.5. The first-order chi connectivity index (χ1) is 14.9. The molecule has 3 saturated carbocycles. The quantitative estimate of drug-likeness (QED) is 0.625. The molecule has 5 nitrogen and oxygen atoms in total. The van der Waals surface area contributed by atoms with E-state index in [2.05, 4.69) is 39.9 Å². The van der Waals surface area contributed by atoms with Crippen molar-refractivity contribution in [3.8, 4) is 0 Å². The fraction of sp³-hybridized carbons (Fsp3) is 0.708. The van der Waals surface area contributed by atoms with Gasteiger partial charge in [-0.15, -0.1) is 0 Å². The average molecular weight is 448 g/mol. The lowest BCUT2D eigenvalue weighted by atomic mass is 9.43. The Balaban J connectivity index is 1.43. The highest BCUT2D eigenvalue weighted by atomic mass is 19.2. The molecular formula is C24H35BF2N2O3. The number of carbonyl (C=O) groups is 1. The summed E-state index contributed by atoms with van der Waals surface area (Å²) in [6.07, 6.45) is 2.98. The van der Waals surface area contributed by atoms with Crippen LogP contribution in [0.3, 0.4) is 0 Å². The van der Waals surface area contributed by atoms with E-state index < -0.39 is 24.8 Å². The topological polar surface area (TPSA) is 73.6 Å². The third-order valence-corrected chi connectivity index (χ3v) is 8.13. The van der Waals surface area contributed by atoms with E-state index in [9.17, 15) is 13.6 Å². The average Bonchev–Trinajstić information content (AvgIpc) is 3.06. The van der Waals surface area contributed by atoms with Crippen LogP contribution >= 0.6 is 0 Å². The Morgan fingerprint density at radius 1 is 1.25 bits per heavy atom. The summed E-state index contributed by atoms with van der Waals surface area (Å²) < 4.78 is 39.6. The van der Waals surface area contributed by atoms with Crippen molar-refractivity contribution in [3.05, 3.63) is 35.4 Å². The van der Waals surface area contributed by atoms with Gasteiger partial charge in [0.1, 0.15) is 0 Å². The summed E-state index contributed by atoms with van der Waals surface area (Å²) in [7, 11) is -0.526. The standard InChI is InChI=1S/C24H35BF2N2O3/c1-13(2)8-21(29-22(30)18(28)10-14-6-7-16(26)17(27)9-14)25-31-20-12-15-11-19(23(15,3)4)24(20,5)32-25/h6-7,9,13,15,18-21H,8,10-12,28H2,1-5H3,(H,29,30)/t15-,18-,19-,20+,21-,24-/m0/s1. The van der Waals surface area contributed by atoms with Crippen LogP contribution in [-0.2, 0) is 20.5 Å². The molecule has 3 N–H and O–H groups in total. The highest BCUT2D eigenvalue weighted by molar-refractivity contribution is 6.47. The van der Waals surface area contributed by atoms with Crippen molar-refractivity contribution in [2.24, 2.45) is 28.9 Å². The van der Waals surface area contributed by atoms with Crippen LogP contribution in [0, 0.1) is 34.8 Å². The molecule has 176 valence electrons. The van der Waals surface area contributed by atoms with Crippen molar-refractivity contribution < 1.29 is 22.9 Å². The zero-order valence-electron chi connectivity index (χ0n) is 19.7. The van der Waals surface area contributed by atoms with Crippen molar-refractivity contribution >= 4 is 13.0 Å². The summed E-state index contributed by atoms with van der Waals surface area (Å²) in [5.41, 5.74) is 6.48. The zero-order valence-corrected chi connectivity index (χ0v) is 19.7. The molecule has 1 heterocycles. The van der Waals surface area contributed by atoms with Gasteiger partial charge in [-0.05, 0) is 73.5 Å². The molecule has 2 bridgehead atoms. The van der Waals surface area contributed by atoms with Gasteiger partial charge in [-0.1, -0.05) is 33.8 Å². The molecule has 4 fully saturated rings. The Hall–Kier alpha value is -1.51. The lowest BCUT2D eigenvalue weighted by molar-refractivity contribution is -0.199. The fourth-order valence-corrected chi connectivity index (χ4v) is 6.12. The number of rotatable bonds is 7. The summed E-state index contributed by atoms with van der Waals surface area (Å²) in [4.78, 5) is 12.9. The summed E-state index contributed by atoms with van der Waals surface area (Å²) >= 11 is 0. The minimum Gasteiger partial charge on any atom is -0.404 e. The summed E-state index contributed by atoms with van der Waals surface area (Å²) in [6, 6.07) is 2.68. The van der Waals surface area contributed by atoms with Crippen LogP contribution in [0.15, 0.2) is 18.2 Å². The molecule has 1 saturated heterocycles. The normalized spacial score (nSPS) is 32.3. The summed E-state index contributed by atoms with van der Waals surface area (Å²) in [6.45, 7) is 11.0. The summed E-state index contributed by atoms with van der Waals surface area (Å²) in [5, 5.41) is 3.03. The molecule has 4 aliphatic rings. The van der Waals surface area contributed by atoms with E-state index in [1.807, 2.05) is 0 Å². The number of benzene rings is 1. The number of nitrogens with one attached hydrogen (secondary N) is 1. The molecule has 5 rings (SSSR count). The van der Waals surface area contributed by atoms with Crippen molar-refractivity contribution in [2.45, 2.75) is 84.0 Å². The van der Waals surface area contributed by atoms with E-state index in [-0.39, 0.29) is 35.4 Å². The number of hydrogen-bond donors (Lipinski definition) is 2. The van der Waals surface area contributed by atoms with Crippen molar-refractivity contribution in [1.29, 1.82) is 0 Å². The lowest BCUT2D eigenvalue weighted by Crippen LogP contribution is -2.65. The molecule has 0 unspecified atom stereocenters. The number of halogens is 2. The molecule has 0 aromatic heterocycles. The molecule has 3 aliphatic carbocycles. The second-order valence-electron chi connectivity index (χ2n) is 11.1. The highest BCUT2D eigenvalue weighted by Gasteiger charge is 2.68. The van der Waals surface area contributed by atoms with Crippen molar-refractivity contribution in [1.82, 2.24) is 5.32 Å². The zero-order chi connectivity index (χ0) is 23.4. The van der Waals surface area contributed by atoms with E-state index in [1.54, 1.807) is 0 Å². The van der Waals surface area contributed by atoms with Gasteiger partial charge in [-0.2, -0.15) is 0 Å². The Labute approximate surface area is 189 Å². The van der Waals surface area contributed by atoms with Gasteiger partial charge in [0.15, 0.2) is 11.6 Å². The predicted octanol–water partition coefficient (Wildman–Crippen LogP) is 3.63. The van der Waals surface area contributed by atoms with Gasteiger partial charge < -0.3 is 20.4 Å². The number of amides is 1. The number of carbonyl (C=O) groups excluding carboxylic acids is 1. The van der Waals surface area contributed by atoms with E-state index in [0.717, 1.165) is 25.0 Å². The Morgan fingerprint density at radius 2 is 1.97 bits per heavy atom. The van der Waals surface area contributed by atoms with E-state index in [4.69, 9.17) is 15.0 Å². The maximum atomic E-state index is 13.5. The Kier molecular flexibility index (Phi) is 6.18. The predicted molar refractivity (Wildman–Crippen MR) is 120 cm³/mol. The summed E-state index contributed by atoms with van der Waals surface area (Å²) in [5.74, 6) is -1.15. The fourth-order valence-electron chi connectivity index (χ4n) is 6.12. The molecule has 1 aromatic rings. The molecule has 1 amide bonds. The molecular weight excluding hydrogens is 413 g/mol. The maximum Gasteiger partial charge on any atom is 0.481 e. The first-order valence-electron chi connectivity index (χ1n) is 11.7. The van der Waals surface area contributed by atoms with Gasteiger partial charge in [0.05, 0.1) is 23.7 Å². The molecule has 0 spiro atoms. The smallest absolute Gasteiger partial charge is 0.404 e. The van der Waals surface area contributed by atoms with E-state index >= 15 is 0 Å². The Bertz CT molecular complexity index is 883. The van der Waals surface area contributed by atoms with Crippen LogP contribution in [0.1, 0.15) is 59.4 Å². The molecule has 6 atom stereocenters. The van der Waals surface area contributed by atoms with E-state index in [0.29, 0.717) is 29.7 Å². The minimum atomic E-state index is -0.947. The third-order valence-electron chi connectivity index (χ3n) is 8.13. The lowest BCUT2D eigenvalue weighted by Gasteiger charge is -2.64. The molecule has 1 aliphatic heterocycles. The first kappa shape index (κ1) is 23.6. The van der Waals surface area contributed by atoms with Gasteiger partial charge in [0, 0.05) is 0 Å². The first-order valence-corrected chi connectivity index (χ1v) is 11.7. The monoisotopic (exact) mass is 448 g/mol. The SMILES string of the molecule is CC(C)C[C@H](NC(=O)[C@@H](N)Cc1ccc(F)c(F)c1)B1O[C@@H]2C[C@@H]3C[C@@H](C3(C)C)[C@]2(C)O1. The van der Waals surface area contributed by atoms with Gasteiger partial charge in [0.2, 0.25) is 5.91 Å². The van der Waals surface area contributed by atoms with Crippen LogP contribution in [0.5, 0.6) is 0 Å². The van der Waals surface area contributed by atoms with Gasteiger partial charge in [0.25, 0.3) is 0 Å². The second kappa shape index (κ2) is 8.37. The molecule has 8 heteroatoms. The largest absolute Gasteiger partial charge is 0.481 e. The van der Waals surface area contributed by atoms with Crippen LogP contribution in [-0.4, -0.2) is 36.7 Å². The van der Waals surface area contributed by atoms with Crippen molar-refractivity contribution in [2.75, 3.05) is 0 Å². The molecule has 32 heavy (non-hydrogen) atoms. The van der Waals surface area contributed by atoms with Gasteiger partial charge >= 0.3 is 7.12 Å². The third kappa shape index (κ3) is 4.10. The van der Waals surface area contributed by atoms with Crippen LogP contribution in [0.25, 0.3) is 0 Å². The van der Waals surface area contributed by atoms with Crippen LogP contribution in [0.4, 0.5) is 8.78 Å². The van der Waals surface area contributed by atoms with Crippen LogP contribution < -0.4 is 11.1 Å². The minimum absolute atomic E-state index is 0.0340. The highest BCUT2D eigenvalue weighted by Crippen LogP contribution is 2.65. The molecule has 0 radical (unpaired) electrons. The number of hydrogen-bond acceptors (Lipinski definition) is 4. The van der Waals surface area contributed by atoms with Gasteiger partial charge in [-0.25, -0.2) is 8.78 Å². The van der Waals surface area contributed by atoms with Crippen molar-refractivity contribution in [3.63, 3.8) is 0 Å². The molecule has 1 aromatic carbocycles. The second-order valence-corrected chi connectivity index (χ2v) is 11.1. The van der Waals surface area contributed by atoms with Gasteiger partial charge in [-0.3, -0.25) is 4.79 Å². The van der Waals surface area contributed by atoms with E-state index in [1.165, 1.54) is 6.07 Å². The Morgan fingerprint density at radius 3 is 2.59 bits per heavy atom.